The highest BCUT2D eigenvalue weighted by Gasteiger charge is 2.13. The van der Waals surface area contributed by atoms with Crippen LogP contribution in [0.1, 0.15) is 18.9 Å². The van der Waals surface area contributed by atoms with E-state index in [4.69, 9.17) is 9.15 Å². The van der Waals surface area contributed by atoms with E-state index < -0.39 is 5.97 Å². The highest BCUT2D eigenvalue weighted by atomic mass is 16.5. The quantitative estimate of drug-likeness (QED) is 0.791. The van der Waals surface area contributed by atoms with Crippen LogP contribution in [0.5, 0.6) is 5.75 Å². The first kappa shape index (κ1) is 14.9. The van der Waals surface area contributed by atoms with Crippen molar-refractivity contribution in [3.05, 3.63) is 30.0 Å². The van der Waals surface area contributed by atoms with Crippen molar-refractivity contribution >= 4 is 22.8 Å². The van der Waals surface area contributed by atoms with E-state index in [0.717, 1.165) is 11.8 Å². The van der Waals surface area contributed by atoms with Crippen LogP contribution in [0.15, 0.2) is 28.9 Å². The molecule has 6 heteroatoms. The second-order valence-corrected chi connectivity index (χ2v) is 4.63. The first-order valence-electron chi connectivity index (χ1n) is 6.71. The number of hydrogen-bond acceptors (Lipinski definition) is 5. The molecule has 2 rings (SSSR count). The summed E-state index contributed by atoms with van der Waals surface area (Å²) in [7, 11) is 0. The molecule has 0 saturated heterocycles. The molecule has 1 heterocycles. The SMILES string of the molecule is CCCNC(=O)COC(=O)Cc1coc2cc(O)ccc12. The summed E-state index contributed by atoms with van der Waals surface area (Å²) in [5.41, 5.74) is 1.16. The second kappa shape index (κ2) is 6.78. The minimum Gasteiger partial charge on any atom is -0.508 e. The number of carbonyl (C=O) groups excluding carboxylic acids is 2. The van der Waals surface area contributed by atoms with Gasteiger partial charge in [0.25, 0.3) is 5.91 Å². The summed E-state index contributed by atoms with van der Waals surface area (Å²) in [6.45, 7) is 2.22. The first-order chi connectivity index (χ1) is 10.1. The van der Waals surface area contributed by atoms with Crippen LogP contribution in [-0.2, 0) is 20.7 Å². The minimum atomic E-state index is -0.502. The van der Waals surface area contributed by atoms with Gasteiger partial charge >= 0.3 is 5.97 Å². The second-order valence-electron chi connectivity index (χ2n) is 4.63. The van der Waals surface area contributed by atoms with E-state index in [-0.39, 0.29) is 24.7 Å². The normalized spacial score (nSPS) is 10.5. The summed E-state index contributed by atoms with van der Waals surface area (Å²) >= 11 is 0. The third kappa shape index (κ3) is 3.98. The number of hydrogen-bond donors (Lipinski definition) is 2. The number of phenols is 1. The van der Waals surface area contributed by atoms with Gasteiger partial charge in [-0.1, -0.05) is 6.92 Å². The van der Waals surface area contributed by atoms with Gasteiger partial charge in [0.15, 0.2) is 6.61 Å². The van der Waals surface area contributed by atoms with Crippen molar-refractivity contribution in [1.82, 2.24) is 5.32 Å². The van der Waals surface area contributed by atoms with E-state index in [1.165, 1.54) is 18.4 Å². The molecule has 0 fully saturated rings. The molecular formula is C15H17NO5. The molecule has 0 radical (unpaired) electrons. The van der Waals surface area contributed by atoms with E-state index in [0.29, 0.717) is 17.7 Å². The molecule has 1 amide bonds. The highest BCUT2D eigenvalue weighted by molar-refractivity contribution is 5.87. The zero-order valence-corrected chi connectivity index (χ0v) is 11.7. The number of carbonyl (C=O) groups is 2. The van der Waals surface area contributed by atoms with E-state index in [2.05, 4.69) is 5.32 Å². The molecule has 0 aliphatic rings. The lowest BCUT2D eigenvalue weighted by Gasteiger charge is -2.05. The first-order valence-corrected chi connectivity index (χ1v) is 6.71. The molecule has 2 aromatic rings. The Morgan fingerprint density at radius 3 is 2.95 bits per heavy atom. The molecule has 21 heavy (non-hydrogen) atoms. The molecule has 0 saturated carbocycles. The average molecular weight is 291 g/mol. The van der Waals surface area contributed by atoms with Gasteiger partial charge in [0.1, 0.15) is 11.3 Å². The maximum atomic E-state index is 11.7. The van der Waals surface area contributed by atoms with E-state index >= 15 is 0 Å². The Hall–Kier alpha value is -2.50. The van der Waals surface area contributed by atoms with Crippen LogP contribution >= 0.6 is 0 Å². The number of amides is 1. The Morgan fingerprint density at radius 1 is 1.38 bits per heavy atom. The van der Waals surface area contributed by atoms with Gasteiger partial charge in [0, 0.05) is 23.6 Å². The third-order valence-corrected chi connectivity index (χ3v) is 2.91. The topological polar surface area (TPSA) is 88.8 Å². The Labute approximate surface area is 121 Å². The summed E-state index contributed by atoms with van der Waals surface area (Å²) in [6, 6.07) is 4.66. The van der Waals surface area contributed by atoms with Gasteiger partial charge in [-0.05, 0) is 18.6 Å². The monoisotopic (exact) mass is 291 g/mol. The largest absolute Gasteiger partial charge is 0.508 e. The molecule has 1 aromatic carbocycles. The standard InChI is InChI=1S/C15H17NO5/c1-2-5-16-14(18)9-21-15(19)6-10-8-20-13-7-11(17)3-4-12(10)13/h3-4,7-8,17H,2,5-6,9H2,1H3,(H,16,18). The van der Waals surface area contributed by atoms with Crippen LogP contribution in [0.25, 0.3) is 11.0 Å². The van der Waals surface area contributed by atoms with Crippen LogP contribution < -0.4 is 5.32 Å². The maximum Gasteiger partial charge on any atom is 0.310 e. The van der Waals surface area contributed by atoms with Crippen LogP contribution in [0, 0.1) is 0 Å². The lowest BCUT2D eigenvalue weighted by Crippen LogP contribution is -2.29. The smallest absolute Gasteiger partial charge is 0.310 e. The molecule has 112 valence electrons. The fourth-order valence-electron chi connectivity index (χ4n) is 1.88. The highest BCUT2D eigenvalue weighted by Crippen LogP contribution is 2.25. The maximum absolute atomic E-state index is 11.7. The molecule has 0 atom stereocenters. The van der Waals surface area contributed by atoms with Gasteiger partial charge in [-0.2, -0.15) is 0 Å². The van der Waals surface area contributed by atoms with Gasteiger partial charge in [0.05, 0.1) is 12.7 Å². The van der Waals surface area contributed by atoms with Crippen LogP contribution in [0.3, 0.4) is 0 Å². The molecular weight excluding hydrogens is 274 g/mol. The van der Waals surface area contributed by atoms with E-state index in [1.54, 1.807) is 6.07 Å². The van der Waals surface area contributed by atoms with Gasteiger partial charge < -0.3 is 19.6 Å². The molecule has 0 aliphatic heterocycles. The van der Waals surface area contributed by atoms with Crippen molar-refractivity contribution < 1.29 is 23.8 Å². The predicted molar refractivity (Wildman–Crippen MR) is 75.8 cm³/mol. The van der Waals surface area contributed by atoms with Gasteiger partial charge in [-0.3, -0.25) is 9.59 Å². The number of benzene rings is 1. The van der Waals surface area contributed by atoms with Crippen molar-refractivity contribution in [2.75, 3.05) is 13.2 Å². The fourth-order valence-corrected chi connectivity index (χ4v) is 1.88. The molecule has 0 aliphatic carbocycles. The lowest BCUT2D eigenvalue weighted by atomic mass is 10.1. The number of fused-ring (bicyclic) bond motifs is 1. The third-order valence-electron chi connectivity index (χ3n) is 2.91. The number of rotatable bonds is 6. The number of aromatic hydroxyl groups is 1. The number of nitrogens with one attached hydrogen (secondary N) is 1. The minimum absolute atomic E-state index is 0.0127. The number of furan rings is 1. The van der Waals surface area contributed by atoms with Crippen LogP contribution in [0.2, 0.25) is 0 Å². The Balaban J connectivity index is 1.91. The van der Waals surface area contributed by atoms with Crippen molar-refractivity contribution in [3.63, 3.8) is 0 Å². The number of phenolic OH excluding ortho intramolecular Hbond substituents is 1. The summed E-state index contributed by atoms with van der Waals surface area (Å²) in [4.78, 5) is 23.0. The van der Waals surface area contributed by atoms with Crippen LogP contribution in [-0.4, -0.2) is 30.1 Å². The van der Waals surface area contributed by atoms with Crippen molar-refractivity contribution in [1.29, 1.82) is 0 Å². The van der Waals surface area contributed by atoms with Gasteiger partial charge in [-0.15, -0.1) is 0 Å². The molecule has 6 nitrogen and oxygen atoms in total. The molecule has 1 aromatic heterocycles. The molecule has 2 N–H and O–H groups in total. The fraction of sp³-hybridized carbons (Fsp3) is 0.333. The van der Waals surface area contributed by atoms with E-state index in [1.807, 2.05) is 6.92 Å². The summed E-state index contributed by atoms with van der Waals surface area (Å²) in [6.07, 6.45) is 2.29. The Kier molecular flexibility index (Phi) is 4.81. The van der Waals surface area contributed by atoms with Crippen molar-refractivity contribution in [3.8, 4) is 5.75 Å². The summed E-state index contributed by atoms with van der Waals surface area (Å²) in [5.74, 6) is -0.719. The molecule has 0 spiro atoms. The van der Waals surface area contributed by atoms with Crippen molar-refractivity contribution in [2.45, 2.75) is 19.8 Å². The average Bonchev–Trinajstić information content (AvgIpc) is 2.85. The predicted octanol–water partition coefficient (Wildman–Crippen LogP) is 1.75. The Bertz CT molecular complexity index is 647. The zero-order chi connectivity index (χ0) is 15.2. The van der Waals surface area contributed by atoms with Crippen LogP contribution in [0.4, 0.5) is 0 Å². The summed E-state index contributed by atoms with van der Waals surface area (Å²) in [5, 5.41) is 12.7. The zero-order valence-electron chi connectivity index (χ0n) is 11.7. The van der Waals surface area contributed by atoms with Crippen molar-refractivity contribution in [2.24, 2.45) is 0 Å². The Morgan fingerprint density at radius 2 is 2.19 bits per heavy atom. The molecule has 0 bridgehead atoms. The summed E-state index contributed by atoms with van der Waals surface area (Å²) < 4.78 is 10.2. The van der Waals surface area contributed by atoms with Gasteiger partial charge in [0.2, 0.25) is 0 Å². The van der Waals surface area contributed by atoms with Gasteiger partial charge in [-0.25, -0.2) is 0 Å². The number of esters is 1. The lowest BCUT2D eigenvalue weighted by molar-refractivity contribution is -0.147. The van der Waals surface area contributed by atoms with E-state index in [9.17, 15) is 14.7 Å². The molecule has 0 unspecified atom stereocenters. The number of ether oxygens (including phenoxy) is 1.